The molecule has 0 amide bonds. The van der Waals surface area contributed by atoms with Gasteiger partial charge in [-0.2, -0.15) is 5.26 Å². The van der Waals surface area contributed by atoms with Crippen LogP contribution >= 0.6 is 0 Å². The molecular weight excluding hydrogens is 308 g/mol. The molecule has 0 atom stereocenters. The molecule has 0 unspecified atom stereocenters. The van der Waals surface area contributed by atoms with Gasteiger partial charge in [0.2, 0.25) is 0 Å². The Bertz CT molecular complexity index is 589. The Hall–Kier alpha value is -2.23. The van der Waals surface area contributed by atoms with Gasteiger partial charge in [0.15, 0.2) is 18.3 Å². The van der Waals surface area contributed by atoms with Gasteiger partial charge >= 0.3 is 0 Å². The second-order valence-corrected chi connectivity index (χ2v) is 5.36. The number of hydrogen-bond acceptors (Lipinski definition) is 6. The number of ether oxygens (including phenoxy) is 4. The summed E-state index contributed by atoms with van der Waals surface area (Å²) in [5, 5.41) is 9.41. The Balaban J connectivity index is 2.10. The first-order chi connectivity index (χ1) is 11.8. The van der Waals surface area contributed by atoms with Crippen LogP contribution < -0.4 is 9.47 Å². The normalized spacial score (nSPS) is 15.0. The van der Waals surface area contributed by atoms with Crippen molar-refractivity contribution in [2.45, 2.75) is 13.3 Å². The van der Waals surface area contributed by atoms with Crippen molar-refractivity contribution in [3.05, 3.63) is 35.5 Å². The summed E-state index contributed by atoms with van der Waals surface area (Å²) in [5.74, 6) is 1.30. The summed E-state index contributed by atoms with van der Waals surface area (Å²) in [4.78, 5) is 2.13. The van der Waals surface area contributed by atoms with Crippen LogP contribution in [0.4, 0.5) is 0 Å². The van der Waals surface area contributed by atoms with Gasteiger partial charge in [-0.05, 0) is 24.6 Å². The molecule has 1 aliphatic rings. The van der Waals surface area contributed by atoms with E-state index in [1.807, 2.05) is 31.3 Å². The van der Waals surface area contributed by atoms with E-state index in [-0.39, 0.29) is 6.79 Å². The maximum atomic E-state index is 9.41. The van der Waals surface area contributed by atoms with Crippen molar-refractivity contribution < 1.29 is 18.9 Å². The van der Waals surface area contributed by atoms with Crippen molar-refractivity contribution in [2.75, 3.05) is 46.8 Å². The number of morpholine rings is 1. The predicted octanol–water partition coefficient (Wildman–Crippen LogP) is 2.35. The van der Waals surface area contributed by atoms with Crippen LogP contribution in [0.2, 0.25) is 0 Å². The molecule has 6 heteroatoms. The molecule has 1 aliphatic heterocycles. The second-order valence-electron chi connectivity index (χ2n) is 5.36. The summed E-state index contributed by atoms with van der Waals surface area (Å²) in [7, 11) is 1.57. The topological polar surface area (TPSA) is 64.0 Å². The number of nitrogens with zero attached hydrogens (tertiary/aromatic N) is 2. The molecule has 1 fully saturated rings. The quantitative estimate of drug-likeness (QED) is 0.538. The minimum absolute atomic E-state index is 0.166. The Morgan fingerprint density at radius 1 is 1.29 bits per heavy atom. The minimum Gasteiger partial charge on any atom is -0.490 e. The van der Waals surface area contributed by atoms with E-state index in [0.29, 0.717) is 43.3 Å². The first kappa shape index (κ1) is 18.1. The van der Waals surface area contributed by atoms with E-state index >= 15 is 0 Å². The smallest absolute Gasteiger partial charge is 0.188 e. The maximum absolute atomic E-state index is 9.41. The Morgan fingerprint density at radius 2 is 2.08 bits per heavy atom. The molecule has 0 radical (unpaired) electrons. The number of rotatable bonds is 8. The Labute approximate surface area is 143 Å². The Kier molecular flexibility index (Phi) is 7.40. The standard InChI is InChI=1S/C18H24N2O4/c1-3-23-18-11-15(4-5-17(18)24-14-21-2)10-16(12-19)13-20-6-8-22-9-7-20/h4-5,11,13H,3,6-10,14H2,1-2H3/b16-13-. The lowest BCUT2D eigenvalue weighted by molar-refractivity contribution is 0.0487. The summed E-state index contributed by atoms with van der Waals surface area (Å²) in [6.07, 6.45) is 2.48. The zero-order chi connectivity index (χ0) is 17.2. The predicted molar refractivity (Wildman–Crippen MR) is 89.9 cm³/mol. The molecule has 0 aromatic heterocycles. The monoisotopic (exact) mass is 332 g/mol. The van der Waals surface area contributed by atoms with Crippen LogP contribution in [0.15, 0.2) is 30.0 Å². The summed E-state index contributed by atoms with van der Waals surface area (Å²) in [6.45, 7) is 5.68. The van der Waals surface area contributed by atoms with Crippen LogP contribution in [0.5, 0.6) is 11.5 Å². The van der Waals surface area contributed by atoms with Gasteiger partial charge in [-0.1, -0.05) is 6.07 Å². The highest BCUT2D eigenvalue weighted by Crippen LogP contribution is 2.29. The Morgan fingerprint density at radius 3 is 2.75 bits per heavy atom. The van der Waals surface area contributed by atoms with Crippen molar-refractivity contribution in [3.63, 3.8) is 0 Å². The fourth-order valence-electron chi connectivity index (χ4n) is 2.43. The van der Waals surface area contributed by atoms with Gasteiger partial charge in [0, 0.05) is 38.4 Å². The second kappa shape index (κ2) is 9.81. The van der Waals surface area contributed by atoms with E-state index in [0.717, 1.165) is 18.7 Å². The highest BCUT2D eigenvalue weighted by atomic mass is 16.7. The van der Waals surface area contributed by atoms with E-state index in [1.54, 1.807) is 7.11 Å². The van der Waals surface area contributed by atoms with Gasteiger partial charge in [-0.25, -0.2) is 0 Å². The van der Waals surface area contributed by atoms with Crippen molar-refractivity contribution in [1.29, 1.82) is 5.26 Å². The zero-order valence-corrected chi connectivity index (χ0v) is 14.3. The fourth-order valence-corrected chi connectivity index (χ4v) is 2.43. The molecule has 2 rings (SSSR count). The van der Waals surface area contributed by atoms with Gasteiger partial charge < -0.3 is 23.8 Å². The lowest BCUT2D eigenvalue weighted by Gasteiger charge is -2.25. The van der Waals surface area contributed by atoms with E-state index in [9.17, 15) is 5.26 Å². The number of benzene rings is 1. The molecule has 130 valence electrons. The SMILES string of the molecule is CCOc1cc(C/C(C#N)=C/N2CCOCC2)ccc1OCOC. The van der Waals surface area contributed by atoms with Crippen molar-refractivity contribution >= 4 is 0 Å². The highest BCUT2D eigenvalue weighted by Gasteiger charge is 2.11. The summed E-state index contributed by atoms with van der Waals surface area (Å²) in [5.41, 5.74) is 1.72. The van der Waals surface area contributed by atoms with Crippen molar-refractivity contribution in [3.8, 4) is 17.6 Å². The van der Waals surface area contributed by atoms with Gasteiger partial charge in [0.25, 0.3) is 0 Å². The molecule has 1 aromatic rings. The van der Waals surface area contributed by atoms with Crippen LogP contribution in [0, 0.1) is 11.3 Å². The van der Waals surface area contributed by atoms with Gasteiger partial charge in [-0.3, -0.25) is 0 Å². The average Bonchev–Trinajstić information content (AvgIpc) is 2.61. The molecule has 0 bridgehead atoms. The molecule has 0 saturated carbocycles. The molecule has 0 spiro atoms. The maximum Gasteiger partial charge on any atom is 0.188 e. The molecular formula is C18H24N2O4. The van der Waals surface area contributed by atoms with Crippen molar-refractivity contribution in [1.82, 2.24) is 4.90 Å². The number of allylic oxidation sites excluding steroid dienone is 1. The minimum atomic E-state index is 0.166. The molecule has 1 heterocycles. The van der Waals surface area contributed by atoms with Crippen molar-refractivity contribution in [2.24, 2.45) is 0 Å². The van der Waals surface area contributed by atoms with Crippen LogP contribution in [-0.2, 0) is 15.9 Å². The van der Waals surface area contributed by atoms with E-state index < -0.39 is 0 Å². The average molecular weight is 332 g/mol. The fraction of sp³-hybridized carbons (Fsp3) is 0.500. The lowest BCUT2D eigenvalue weighted by atomic mass is 10.1. The molecule has 1 aromatic carbocycles. The number of methoxy groups -OCH3 is 1. The van der Waals surface area contributed by atoms with Crippen LogP contribution in [0.25, 0.3) is 0 Å². The van der Waals surface area contributed by atoms with Gasteiger partial charge in [-0.15, -0.1) is 0 Å². The zero-order valence-electron chi connectivity index (χ0n) is 14.3. The summed E-state index contributed by atoms with van der Waals surface area (Å²) >= 11 is 0. The van der Waals surface area contributed by atoms with E-state index in [2.05, 4.69) is 11.0 Å². The molecule has 0 N–H and O–H groups in total. The molecule has 6 nitrogen and oxygen atoms in total. The van der Waals surface area contributed by atoms with E-state index in [1.165, 1.54) is 0 Å². The molecule has 1 saturated heterocycles. The van der Waals surface area contributed by atoms with Crippen LogP contribution in [0.3, 0.4) is 0 Å². The number of hydrogen-bond donors (Lipinski definition) is 0. The van der Waals surface area contributed by atoms with Gasteiger partial charge in [0.1, 0.15) is 0 Å². The third kappa shape index (κ3) is 5.44. The first-order valence-electron chi connectivity index (χ1n) is 8.07. The van der Waals surface area contributed by atoms with E-state index in [4.69, 9.17) is 18.9 Å². The van der Waals surface area contributed by atoms with Crippen LogP contribution in [-0.4, -0.2) is 51.7 Å². The summed E-state index contributed by atoms with van der Waals surface area (Å²) in [6, 6.07) is 7.99. The van der Waals surface area contributed by atoms with Crippen LogP contribution in [0.1, 0.15) is 12.5 Å². The highest BCUT2D eigenvalue weighted by molar-refractivity contribution is 5.44. The number of nitriles is 1. The lowest BCUT2D eigenvalue weighted by Crippen LogP contribution is -2.32. The largest absolute Gasteiger partial charge is 0.490 e. The molecule has 24 heavy (non-hydrogen) atoms. The third-order valence-corrected chi connectivity index (χ3v) is 3.56. The third-order valence-electron chi connectivity index (χ3n) is 3.56. The summed E-state index contributed by atoms with van der Waals surface area (Å²) < 4.78 is 21.4. The first-order valence-corrected chi connectivity index (χ1v) is 8.07. The molecule has 0 aliphatic carbocycles. The van der Waals surface area contributed by atoms with Gasteiger partial charge in [0.05, 0.1) is 25.9 Å².